The van der Waals surface area contributed by atoms with E-state index in [-0.39, 0.29) is 17.9 Å². The van der Waals surface area contributed by atoms with Gasteiger partial charge in [0, 0.05) is 25.2 Å². The highest BCUT2D eigenvalue weighted by atomic mass is 16.8. The summed E-state index contributed by atoms with van der Waals surface area (Å²) < 4.78 is 29.5. The average molecular weight is 230 g/mol. The van der Waals surface area contributed by atoms with Crippen LogP contribution in [-0.4, -0.2) is 27.8 Å². The van der Waals surface area contributed by atoms with Crippen LogP contribution in [-0.2, 0) is 14.4 Å². The topological polar surface area (TPSA) is 76.6 Å². The first kappa shape index (κ1) is 6.37. The maximum Gasteiger partial charge on any atom is 0.365 e. The lowest BCUT2D eigenvalue weighted by molar-refractivity contribution is -0.172. The summed E-state index contributed by atoms with van der Waals surface area (Å²) in [6.07, 6.45) is -1.51. The summed E-state index contributed by atoms with van der Waals surface area (Å²) in [5.41, 5.74) is -0.668. The monoisotopic (exact) mass is 230 g/mol. The normalized spacial score (nSPS) is 18.9. The zero-order chi connectivity index (χ0) is 15.0. The molecule has 0 aromatic carbocycles. The number of hydrogen-bond donors (Lipinski definition) is 0. The van der Waals surface area contributed by atoms with Crippen molar-refractivity contribution < 1.29 is 24.7 Å². The summed E-state index contributed by atoms with van der Waals surface area (Å²) in [5, 5.41) is 0.277. The smallest absolute Gasteiger partial charge is 0.325 e. The Morgan fingerprint density at radius 2 is 2.12 bits per heavy atom. The molecular formula is C10H8N2O4. The molecule has 1 saturated heterocycles. The molecule has 16 heavy (non-hydrogen) atoms. The standard InChI is InChI=1S/C10H8N2O4/c13-8-3-4-9(14)12(8)16-10(15)7-2-1-5-11-6-7/h1-2,5-6H,3-4H2/i1+1D,2+1D,5+1D,6+1D,7+1,10+1. The van der Waals surface area contributed by atoms with Gasteiger partial charge in [0.2, 0.25) is 0 Å². The molecule has 1 aliphatic rings. The van der Waals surface area contributed by atoms with Crippen molar-refractivity contribution in [1.29, 1.82) is 0 Å². The summed E-state index contributed by atoms with van der Waals surface area (Å²) in [6.45, 7) is 0. The zero-order valence-electron chi connectivity index (χ0n) is 11.9. The van der Waals surface area contributed by atoms with E-state index in [4.69, 9.17) is 5.48 Å². The van der Waals surface area contributed by atoms with Crippen LogP contribution in [0.25, 0.3) is 0 Å². The lowest BCUT2D eigenvalue weighted by Gasteiger charge is -2.11. The molecule has 0 atom stereocenters. The fourth-order valence-corrected chi connectivity index (χ4v) is 1.11. The van der Waals surface area contributed by atoms with Crippen LogP contribution in [0, 0.1) is 0 Å². The maximum absolute atomic E-state index is 11.8. The molecule has 1 fully saturated rings. The third kappa shape index (κ3) is 1.90. The summed E-state index contributed by atoms with van der Waals surface area (Å²) in [5.74, 6) is -2.69. The Morgan fingerprint density at radius 1 is 1.44 bits per heavy atom. The van der Waals surface area contributed by atoms with Crippen molar-refractivity contribution in [3.8, 4) is 0 Å². The van der Waals surface area contributed by atoms with Gasteiger partial charge in [-0.1, -0.05) is 0 Å². The molecule has 0 spiro atoms. The van der Waals surface area contributed by atoms with E-state index >= 15 is 0 Å². The van der Waals surface area contributed by atoms with Gasteiger partial charge in [-0.05, 0) is 12.1 Å². The fraction of sp³-hybridized carbons (Fsp3) is 0.200. The number of pyridine rings is 1. The van der Waals surface area contributed by atoms with Gasteiger partial charge in [0.25, 0.3) is 11.8 Å². The van der Waals surface area contributed by atoms with Gasteiger partial charge < -0.3 is 4.84 Å². The van der Waals surface area contributed by atoms with E-state index in [0.29, 0.717) is 0 Å². The van der Waals surface area contributed by atoms with Crippen LogP contribution in [0.4, 0.5) is 0 Å². The highest BCUT2D eigenvalue weighted by Crippen LogP contribution is 2.13. The number of imide groups is 1. The van der Waals surface area contributed by atoms with E-state index in [2.05, 4.69) is 9.82 Å². The van der Waals surface area contributed by atoms with Crippen LogP contribution in [0.3, 0.4) is 0 Å². The number of nitrogens with zero attached hydrogens (tertiary/aromatic N) is 2. The van der Waals surface area contributed by atoms with Crippen molar-refractivity contribution in [1.82, 2.24) is 10.0 Å². The molecule has 82 valence electrons. The second kappa shape index (κ2) is 4.09. The quantitative estimate of drug-likeness (QED) is 0.539. The molecule has 2 amide bonds. The average Bonchev–Trinajstić information content (AvgIpc) is 2.68. The van der Waals surface area contributed by atoms with Crippen LogP contribution < -0.4 is 0 Å². The molecule has 0 N–H and O–H groups in total. The van der Waals surface area contributed by atoms with Gasteiger partial charge in [0.05, 0.1) is 11.0 Å². The molecular weight excluding hydrogens is 218 g/mol. The first-order valence-corrected chi connectivity index (χ1v) is 4.35. The number of amides is 2. The Hall–Kier alpha value is -2.24. The maximum atomic E-state index is 11.8. The number of rotatable bonds is 2. The molecule has 1 aliphatic heterocycles. The lowest BCUT2D eigenvalue weighted by Crippen LogP contribution is -2.32. The zero-order valence-corrected chi connectivity index (χ0v) is 7.94. The van der Waals surface area contributed by atoms with Gasteiger partial charge in [-0.2, -0.15) is 0 Å². The molecule has 6 nitrogen and oxygen atoms in total. The minimum absolute atomic E-state index is 0.0822. The van der Waals surface area contributed by atoms with E-state index in [1.807, 2.05) is 0 Å². The Kier molecular flexibility index (Phi) is 1.63. The largest absolute Gasteiger partial charge is 0.365 e. The van der Waals surface area contributed by atoms with Crippen molar-refractivity contribution >= 4 is 17.8 Å². The number of carbonyl (C=O) groups is 3. The molecule has 1 aromatic heterocycles. The number of aromatic nitrogens is 1. The van der Waals surface area contributed by atoms with E-state index in [9.17, 15) is 14.4 Å². The van der Waals surface area contributed by atoms with Gasteiger partial charge in [-0.25, -0.2) is 4.79 Å². The van der Waals surface area contributed by atoms with Gasteiger partial charge >= 0.3 is 5.97 Å². The van der Waals surface area contributed by atoms with E-state index in [1.54, 1.807) is 0 Å². The molecule has 6 heteroatoms. The van der Waals surface area contributed by atoms with E-state index in [0.717, 1.165) is 0 Å². The Bertz CT molecular complexity index is 618. The van der Waals surface area contributed by atoms with Crippen LogP contribution in [0.2, 0.25) is 0 Å². The highest BCUT2D eigenvalue weighted by Gasteiger charge is 2.33. The van der Waals surface area contributed by atoms with Crippen LogP contribution >= 0.6 is 0 Å². The molecule has 0 saturated carbocycles. The summed E-state index contributed by atoms with van der Waals surface area (Å²) in [7, 11) is 0. The first-order valence-electron chi connectivity index (χ1n) is 6.35. The first-order chi connectivity index (χ1) is 9.32. The van der Waals surface area contributed by atoms with E-state index < -0.39 is 47.8 Å². The number of hydrogen-bond acceptors (Lipinski definition) is 5. The summed E-state index contributed by atoms with van der Waals surface area (Å²) >= 11 is 0. The lowest BCUT2D eigenvalue weighted by atomic mass is 10.4. The molecule has 2 rings (SSSR count). The van der Waals surface area contributed by atoms with Gasteiger partial charge in [-0.3, -0.25) is 14.6 Å². The van der Waals surface area contributed by atoms with Gasteiger partial charge in [0.15, 0.2) is 0 Å². The van der Waals surface area contributed by atoms with Crippen molar-refractivity contribution in [2.24, 2.45) is 0 Å². The molecule has 0 bridgehead atoms. The highest BCUT2D eigenvalue weighted by molar-refractivity contribution is 6.02. The molecule has 1 aromatic rings. The van der Waals surface area contributed by atoms with Gasteiger partial charge in [0.1, 0.15) is 0 Å². The summed E-state index contributed by atoms with van der Waals surface area (Å²) in [6, 6.07) is -1.36. The number of carbonyl (C=O) groups excluding carboxylic acids is 3. The van der Waals surface area contributed by atoms with Crippen molar-refractivity contribution in [3.05, 3.63) is 30.0 Å². The van der Waals surface area contributed by atoms with Crippen LogP contribution in [0.15, 0.2) is 24.4 Å². The van der Waals surface area contributed by atoms with Crippen LogP contribution in [0.1, 0.15) is 28.7 Å². The van der Waals surface area contributed by atoms with Crippen molar-refractivity contribution in [2.75, 3.05) is 0 Å². The Balaban J connectivity index is 2.33. The fourth-order valence-electron chi connectivity index (χ4n) is 1.11. The van der Waals surface area contributed by atoms with Crippen LogP contribution in [0.5, 0.6) is 0 Å². The van der Waals surface area contributed by atoms with E-state index in [1.165, 1.54) is 0 Å². The molecule has 2 heterocycles. The second-order valence-corrected chi connectivity index (χ2v) is 2.92. The Morgan fingerprint density at radius 3 is 2.81 bits per heavy atom. The predicted octanol–water partition coefficient (Wildman–Crippen LogP) is 0.302. The van der Waals surface area contributed by atoms with Crippen molar-refractivity contribution in [3.63, 3.8) is 0 Å². The molecule has 0 unspecified atom stereocenters. The second-order valence-electron chi connectivity index (χ2n) is 2.92. The predicted molar refractivity (Wildman–Crippen MR) is 50.7 cm³/mol. The third-order valence-corrected chi connectivity index (χ3v) is 1.85. The Labute approximate surface area is 96.4 Å². The minimum atomic E-state index is -1.30. The summed E-state index contributed by atoms with van der Waals surface area (Å²) in [4.78, 5) is 42.2. The number of hydroxylamine groups is 2. The minimum Gasteiger partial charge on any atom is -0.325 e. The molecule has 0 aliphatic carbocycles. The van der Waals surface area contributed by atoms with Crippen molar-refractivity contribution in [2.45, 2.75) is 12.8 Å². The van der Waals surface area contributed by atoms with Gasteiger partial charge in [-0.15, -0.1) is 5.06 Å². The molecule has 0 radical (unpaired) electrons. The third-order valence-electron chi connectivity index (χ3n) is 1.85. The SMILES string of the molecule is [2H][13c]1n[13c]([2H])[13c]([13C](=O)ON2C(=O)CCC2=O)[13c]([2H])[13c]1[2H].